The van der Waals surface area contributed by atoms with Crippen molar-refractivity contribution >= 4 is 5.91 Å². The van der Waals surface area contributed by atoms with Crippen molar-refractivity contribution in [1.29, 1.82) is 0 Å². The van der Waals surface area contributed by atoms with E-state index in [0.717, 1.165) is 32.0 Å². The maximum absolute atomic E-state index is 12.0. The summed E-state index contributed by atoms with van der Waals surface area (Å²) in [5.74, 6) is 2.17. The summed E-state index contributed by atoms with van der Waals surface area (Å²) in [5, 5.41) is 3.48. The largest absolute Gasteiger partial charge is 0.341 e. The van der Waals surface area contributed by atoms with Gasteiger partial charge in [-0.25, -0.2) is 0 Å². The number of hydrogen-bond donors (Lipinski definition) is 1. The van der Waals surface area contributed by atoms with Crippen LogP contribution >= 0.6 is 0 Å². The zero-order valence-electron chi connectivity index (χ0n) is 8.70. The zero-order valence-corrected chi connectivity index (χ0v) is 8.70. The van der Waals surface area contributed by atoms with E-state index in [0.29, 0.717) is 23.8 Å². The van der Waals surface area contributed by atoms with Gasteiger partial charge in [0.15, 0.2) is 0 Å². The minimum atomic E-state index is 0.368. The van der Waals surface area contributed by atoms with Gasteiger partial charge in [-0.1, -0.05) is 6.92 Å². The fourth-order valence-corrected chi connectivity index (χ4v) is 2.91. The molecular weight excluding hydrogens is 176 g/mol. The van der Waals surface area contributed by atoms with Gasteiger partial charge in [0.2, 0.25) is 5.91 Å². The van der Waals surface area contributed by atoms with E-state index in [1.807, 2.05) is 0 Å². The van der Waals surface area contributed by atoms with E-state index in [4.69, 9.17) is 0 Å². The molecule has 3 unspecified atom stereocenters. The number of likely N-dealkylation sites (tertiary alicyclic amines) is 1. The molecule has 0 spiro atoms. The smallest absolute Gasteiger partial charge is 0.226 e. The summed E-state index contributed by atoms with van der Waals surface area (Å²) >= 11 is 0. The first-order chi connectivity index (χ1) is 6.74. The van der Waals surface area contributed by atoms with Gasteiger partial charge in [-0.2, -0.15) is 0 Å². The van der Waals surface area contributed by atoms with Crippen molar-refractivity contribution in [1.82, 2.24) is 10.2 Å². The zero-order chi connectivity index (χ0) is 9.71. The molecule has 0 aromatic heterocycles. The number of amides is 1. The van der Waals surface area contributed by atoms with E-state index in [-0.39, 0.29) is 0 Å². The van der Waals surface area contributed by atoms with Gasteiger partial charge in [0.1, 0.15) is 0 Å². The minimum absolute atomic E-state index is 0.368. The summed E-state index contributed by atoms with van der Waals surface area (Å²) in [4.78, 5) is 14.1. The van der Waals surface area contributed by atoms with Crippen molar-refractivity contribution in [3.8, 4) is 0 Å². The molecule has 3 rings (SSSR count). The van der Waals surface area contributed by atoms with Gasteiger partial charge in [0, 0.05) is 31.6 Å². The summed E-state index contributed by atoms with van der Waals surface area (Å²) in [6, 6.07) is 0.590. The lowest BCUT2D eigenvalue weighted by Crippen LogP contribution is -2.45. The number of carbonyl (C=O) groups excluding carboxylic acids is 1. The quantitative estimate of drug-likeness (QED) is 0.658. The molecule has 2 heterocycles. The molecule has 3 aliphatic rings. The van der Waals surface area contributed by atoms with Crippen molar-refractivity contribution in [2.24, 2.45) is 17.8 Å². The summed E-state index contributed by atoms with van der Waals surface area (Å²) in [6.45, 7) is 5.26. The van der Waals surface area contributed by atoms with Crippen LogP contribution in [0, 0.1) is 17.8 Å². The first-order valence-corrected chi connectivity index (χ1v) is 5.76. The van der Waals surface area contributed by atoms with Gasteiger partial charge in [-0.05, 0) is 24.7 Å². The number of nitrogens with one attached hydrogen (secondary N) is 1. The Labute approximate surface area is 84.8 Å². The summed E-state index contributed by atoms with van der Waals surface area (Å²) in [6.07, 6.45) is 2.40. The standard InChI is InChI=1S/C11H18N2O/c1-7-2-10(7)11(14)13-5-8-3-9(6-13)12-4-8/h7-10,12H,2-6H2,1H3/t7-,8?,9?,10?/m1/s1. The van der Waals surface area contributed by atoms with Crippen LogP contribution in [0.4, 0.5) is 0 Å². The molecule has 1 saturated carbocycles. The Balaban J connectivity index is 1.65. The summed E-state index contributed by atoms with van der Waals surface area (Å²) in [5.41, 5.74) is 0. The van der Waals surface area contributed by atoms with Crippen LogP contribution in [0.25, 0.3) is 0 Å². The van der Waals surface area contributed by atoms with E-state index >= 15 is 0 Å². The monoisotopic (exact) mass is 194 g/mol. The highest BCUT2D eigenvalue weighted by Gasteiger charge is 2.44. The number of fused-ring (bicyclic) bond motifs is 2. The molecular formula is C11H18N2O. The Morgan fingerprint density at radius 3 is 2.79 bits per heavy atom. The van der Waals surface area contributed by atoms with E-state index < -0.39 is 0 Å². The van der Waals surface area contributed by atoms with Gasteiger partial charge >= 0.3 is 0 Å². The second kappa shape index (κ2) is 2.96. The Morgan fingerprint density at radius 1 is 1.36 bits per heavy atom. The second-order valence-electron chi connectivity index (χ2n) is 5.27. The molecule has 0 aromatic rings. The number of nitrogens with zero attached hydrogens (tertiary/aromatic N) is 1. The molecule has 14 heavy (non-hydrogen) atoms. The highest BCUT2D eigenvalue weighted by atomic mass is 16.2. The van der Waals surface area contributed by atoms with Crippen molar-refractivity contribution < 1.29 is 4.79 Å². The van der Waals surface area contributed by atoms with Gasteiger partial charge in [0.25, 0.3) is 0 Å². The molecule has 3 fully saturated rings. The topological polar surface area (TPSA) is 32.3 Å². The predicted octanol–water partition coefficient (Wildman–Crippen LogP) is 0.463. The minimum Gasteiger partial charge on any atom is -0.341 e. The average molecular weight is 194 g/mol. The fourth-order valence-electron chi connectivity index (χ4n) is 2.91. The van der Waals surface area contributed by atoms with E-state index in [2.05, 4.69) is 17.1 Å². The first-order valence-electron chi connectivity index (χ1n) is 5.76. The van der Waals surface area contributed by atoms with E-state index in [1.54, 1.807) is 0 Å². The highest BCUT2D eigenvalue weighted by molar-refractivity contribution is 5.81. The Morgan fingerprint density at radius 2 is 2.14 bits per heavy atom. The molecule has 4 atom stereocenters. The molecule has 0 aromatic carbocycles. The van der Waals surface area contributed by atoms with Crippen molar-refractivity contribution in [3.05, 3.63) is 0 Å². The molecule has 1 N–H and O–H groups in total. The summed E-state index contributed by atoms with van der Waals surface area (Å²) in [7, 11) is 0. The normalized spacial score (nSPS) is 45.4. The van der Waals surface area contributed by atoms with Crippen molar-refractivity contribution in [2.75, 3.05) is 19.6 Å². The lowest BCUT2D eigenvalue weighted by Gasteiger charge is -2.31. The second-order valence-corrected chi connectivity index (χ2v) is 5.27. The number of piperidine rings is 1. The van der Waals surface area contributed by atoms with Crippen molar-refractivity contribution in [3.63, 3.8) is 0 Å². The third-order valence-electron chi connectivity index (χ3n) is 3.97. The molecule has 1 amide bonds. The summed E-state index contributed by atoms with van der Waals surface area (Å²) < 4.78 is 0. The maximum Gasteiger partial charge on any atom is 0.226 e. The van der Waals surface area contributed by atoms with Crippen LogP contribution in [0.3, 0.4) is 0 Å². The molecule has 2 bridgehead atoms. The third-order valence-corrected chi connectivity index (χ3v) is 3.97. The molecule has 1 aliphatic carbocycles. The van der Waals surface area contributed by atoms with Crippen LogP contribution in [0.2, 0.25) is 0 Å². The van der Waals surface area contributed by atoms with E-state index in [1.165, 1.54) is 6.42 Å². The molecule has 2 aliphatic heterocycles. The Hall–Kier alpha value is -0.570. The van der Waals surface area contributed by atoms with Gasteiger partial charge in [0.05, 0.1) is 0 Å². The average Bonchev–Trinajstić information content (AvgIpc) is 2.82. The van der Waals surface area contributed by atoms with Crippen LogP contribution in [0.15, 0.2) is 0 Å². The van der Waals surface area contributed by atoms with Gasteiger partial charge in [-0.15, -0.1) is 0 Å². The lowest BCUT2D eigenvalue weighted by molar-refractivity contribution is -0.134. The maximum atomic E-state index is 12.0. The Kier molecular flexibility index (Phi) is 1.84. The Bertz CT molecular complexity index is 254. The van der Waals surface area contributed by atoms with Crippen LogP contribution in [-0.2, 0) is 4.79 Å². The lowest BCUT2D eigenvalue weighted by atomic mass is 9.99. The molecule has 0 radical (unpaired) electrons. The van der Waals surface area contributed by atoms with Crippen molar-refractivity contribution in [2.45, 2.75) is 25.8 Å². The highest BCUT2D eigenvalue weighted by Crippen LogP contribution is 2.40. The number of hydrogen-bond acceptors (Lipinski definition) is 2. The van der Waals surface area contributed by atoms with Crippen LogP contribution in [-0.4, -0.2) is 36.5 Å². The molecule has 78 valence electrons. The van der Waals surface area contributed by atoms with Gasteiger partial charge in [-0.3, -0.25) is 4.79 Å². The van der Waals surface area contributed by atoms with Gasteiger partial charge < -0.3 is 10.2 Å². The predicted molar refractivity (Wildman–Crippen MR) is 53.7 cm³/mol. The SMILES string of the molecule is C[C@@H]1CC1C(=O)N1CC2CNC(C2)C1. The van der Waals surface area contributed by atoms with Crippen LogP contribution < -0.4 is 5.32 Å². The van der Waals surface area contributed by atoms with Crippen LogP contribution in [0.1, 0.15) is 19.8 Å². The first kappa shape index (κ1) is 8.72. The third kappa shape index (κ3) is 1.34. The van der Waals surface area contributed by atoms with E-state index in [9.17, 15) is 4.79 Å². The molecule has 3 nitrogen and oxygen atoms in total. The number of carbonyl (C=O) groups is 1. The molecule has 2 saturated heterocycles. The number of rotatable bonds is 1. The molecule has 3 heteroatoms. The fraction of sp³-hybridized carbons (Fsp3) is 0.909. The van der Waals surface area contributed by atoms with Crippen LogP contribution in [0.5, 0.6) is 0 Å².